The largest absolute Gasteiger partial charge is 0.464 e. The Hall–Kier alpha value is -2.75. The zero-order valence-corrected chi connectivity index (χ0v) is 18.5. The number of ether oxygens (including phenoxy) is 1. The van der Waals surface area contributed by atoms with Gasteiger partial charge in [-0.3, -0.25) is 7.91 Å². The van der Waals surface area contributed by atoms with E-state index in [2.05, 4.69) is 4.98 Å². The molecule has 6 nitrogen and oxygen atoms in total. The van der Waals surface area contributed by atoms with E-state index < -0.39 is 23.2 Å². The fraction of sp³-hybridized carbons (Fsp3) is 0.227. The van der Waals surface area contributed by atoms with Gasteiger partial charge >= 0.3 is 5.97 Å². The lowest BCUT2D eigenvalue weighted by Gasteiger charge is -2.46. The van der Waals surface area contributed by atoms with E-state index in [9.17, 15) is 14.0 Å². The Morgan fingerprint density at radius 2 is 1.93 bits per heavy atom. The molecule has 8 heteroatoms. The average molecular weight is 519 g/mol. The number of imidazole rings is 1. The summed E-state index contributed by atoms with van der Waals surface area (Å²) < 4.78 is 22.6. The van der Waals surface area contributed by atoms with Crippen molar-refractivity contribution >= 4 is 40.3 Å². The SMILES string of the molecule is CCOC(=O)C1(c2nccn2C)C(c2ccc(F)cc2)C(=O)c2ccccc2N1I. The number of aryl methyl sites for hydroxylation is 1. The Labute approximate surface area is 187 Å². The number of esters is 1. The van der Waals surface area contributed by atoms with Crippen LogP contribution < -0.4 is 3.11 Å². The highest BCUT2D eigenvalue weighted by atomic mass is 127. The lowest BCUT2D eigenvalue weighted by atomic mass is 9.71. The first kappa shape index (κ1) is 20.5. The highest BCUT2D eigenvalue weighted by Crippen LogP contribution is 2.53. The van der Waals surface area contributed by atoms with Crippen molar-refractivity contribution < 1.29 is 18.7 Å². The Morgan fingerprint density at radius 1 is 1.23 bits per heavy atom. The first-order valence-corrected chi connectivity index (χ1v) is 10.4. The van der Waals surface area contributed by atoms with Gasteiger partial charge in [-0.15, -0.1) is 0 Å². The van der Waals surface area contributed by atoms with Crippen LogP contribution in [0.5, 0.6) is 0 Å². The number of carbonyl (C=O) groups excluding carboxylic acids is 2. The average Bonchev–Trinajstić information content (AvgIpc) is 3.17. The number of anilines is 1. The van der Waals surface area contributed by atoms with Gasteiger partial charge in [0.05, 0.1) is 41.1 Å². The third kappa shape index (κ3) is 2.92. The molecule has 1 aliphatic heterocycles. The molecule has 1 aromatic heterocycles. The van der Waals surface area contributed by atoms with E-state index in [0.29, 0.717) is 22.6 Å². The standard InChI is InChI=1S/C22H19FIN3O3/c1-3-30-21(29)22(20-25-12-13-26(20)2)18(14-8-10-15(23)11-9-14)19(28)16-6-4-5-7-17(16)27(22)24/h4-13,18H,3H2,1-2H3. The van der Waals surface area contributed by atoms with Gasteiger partial charge in [-0.25, -0.2) is 14.2 Å². The fourth-order valence-corrected chi connectivity index (χ4v) is 5.14. The zero-order valence-electron chi connectivity index (χ0n) is 16.4. The van der Waals surface area contributed by atoms with Crippen LogP contribution >= 0.6 is 22.9 Å². The number of benzene rings is 2. The summed E-state index contributed by atoms with van der Waals surface area (Å²) in [5, 5.41) is 0. The third-order valence-corrected chi connectivity index (χ3v) is 6.60. The number of fused-ring (bicyclic) bond motifs is 1. The summed E-state index contributed by atoms with van der Waals surface area (Å²) in [4.78, 5) is 31.9. The molecule has 0 radical (unpaired) electrons. The number of para-hydroxylation sites is 1. The summed E-state index contributed by atoms with van der Waals surface area (Å²) in [5.74, 6) is -1.88. The van der Waals surface area contributed by atoms with Crippen LogP contribution in [0.15, 0.2) is 60.9 Å². The third-order valence-electron chi connectivity index (χ3n) is 5.32. The molecule has 2 aromatic carbocycles. The minimum Gasteiger partial charge on any atom is -0.464 e. The summed E-state index contributed by atoms with van der Waals surface area (Å²) in [6.45, 7) is 1.86. The van der Waals surface area contributed by atoms with E-state index in [-0.39, 0.29) is 12.4 Å². The van der Waals surface area contributed by atoms with Crippen molar-refractivity contribution in [2.45, 2.75) is 18.4 Å². The first-order chi connectivity index (χ1) is 14.4. The fourth-order valence-electron chi connectivity index (χ4n) is 4.03. The molecule has 1 aliphatic rings. The van der Waals surface area contributed by atoms with Crippen LogP contribution in [0.3, 0.4) is 0 Å². The lowest BCUT2D eigenvalue weighted by molar-refractivity contribution is -0.150. The maximum absolute atomic E-state index is 13.8. The minimum absolute atomic E-state index is 0.140. The number of hydrogen-bond donors (Lipinski definition) is 0. The molecule has 2 atom stereocenters. The second kappa shape index (κ2) is 7.82. The molecule has 0 fully saturated rings. The van der Waals surface area contributed by atoms with Crippen LogP contribution in [-0.4, -0.2) is 27.9 Å². The zero-order chi connectivity index (χ0) is 21.5. The van der Waals surface area contributed by atoms with Gasteiger partial charge in [0.2, 0.25) is 5.54 Å². The highest BCUT2D eigenvalue weighted by Gasteiger charge is 2.62. The quantitative estimate of drug-likeness (QED) is 0.295. The van der Waals surface area contributed by atoms with Crippen molar-refractivity contribution in [2.75, 3.05) is 9.72 Å². The molecule has 0 spiro atoms. The smallest absolute Gasteiger partial charge is 0.341 e. The van der Waals surface area contributed by atoms with Crippen molar-refractivity contribution in [1.82, 2.24) is 9.55 Å². The van der Waals surface area contributed by atoms with E-state index in [1.54, 1.807) is 52.2 Å². The molecule has 0 bridgehead atoms. The van der Waals surface area contributed by atoms with E-state index in [1.807, 2.05) is 28.9 Å². The molecular formula is C22H19FIN3O3. The van der Waals surface area contributed by atoms with Crippen LogP contribution in [0, 0.1) is 5.82 Å². The summed E-state index contributed by atoms with van der Waals surface area (Å²) in [6.07, 6.45) is 3.29. The Kier molecular flexibility index (Phi) is 5.35. The molecule has 2 heterocycles. The number of halogens is 2. The van der Waals surface area contributed by atoms with E-state index in [1.165, 1.54) is 24.3 Å². The Balaban J connectivity index is 2.09. The Morgan fingerprint density at radius 3 is 2.57 bits per heavy atom. The van der Waals surface area contributed by atoms with Crippen LogP contribution in [0.1, 0.15) is 34.6 Å². The van der Waals surface area contributed by atoms with Crippen molar-refractivity contribution in [2.24, 2.45) is 7.05 Å². The van der Waals surface area contributed by atoms with Gasteiger partial charge < -0.3 is 9.30 Å². The van der Waals surface area contributed by atoms with E-state index in [0.717, 1.165) is 0 Å². The number of aromatic nitrogens is 2. The summed E-state index contributed by atoms with van der Waals surface area (Å²) in [5.41, 5.74) is 0.0134. The molecular weight excluding hydrogens is 500 g/mol. The van der Waals surface area contributed by atoms with Crippen LogP contribution in [0.4, 0.5) is 10.1 Å². The second-order valence-electron chi connectivity index (χ2n) is 7.00. The summed E-state index contributed by atoms with van der Waals surface area (Å²) in [6, 6.07) is 12.8. The molecule has 4 rings (SSSR count). The maximum Gasteiger partial charge on any atom is 0.341 e. The highest BCUT2D eigenvalue weighted by molar-refractivity contribution is 14.1. The number of ketones is 1. The van der Waals surface area contributed by atoms with Crippen molar-refractivity contribution in [3.63, 3.8) is 0 Å². The van der Waals surface area contributed by atoms with Gasteiger partial charge in [0.25, 0.3) is 0 Å². The van der Waals surface area contributed by atoms with E-state index in [4.69, 9.17) is 4.74 Å². The maximum atomic E-state index is 13.8. The van der Waals surface area contributed by atoms with Gasteiger partial charge in [0.1, 0.15) is 11.6 Å². The van der Waals surface area contributed by atoms with Crippen LogP contribution in [-0.2, 0) is 22.1 Å². The molecule has 0 saturated carbocycles. The van der Waals surface area contributed by atoms with Gasteiger partial charge in [-0.05, 0) is 36.8 Å². The second-order valence-corrected chi connectivity index (χ2v) is 7.96. The normalized spacial score (nSPS) is 20.7. The van der Waals surface area contributed by atoms with Gasteiger partial charge in [-0.2, -0.15) is 0 Å². The number of hydrogen-bond acceptors (Lipinski definition) is 5. The topological polar surface area (TPSA) is 64.4 Å². The van der Waals surface area contributed by atoms with E-state index >= 15 is 0 Å². The Bertz CT molecular complexity index is 1110. The van der Waals surface area contributed by atoms with Crippen LogP contribution in [0.25, 0.3) is 0 Å². The molecule has 0 amide bonds. The molecule has 154 valence electrons. The molecule has 0 saturated heterocycles. The number of rotatable bonds is 4. The predicted molar refractivity (Wildman–Crippen MR) is 118 cm³/mol. The first-order valence-electron chi connectivity index (χ1n) is 9.42. The molecule has 0 aliphatic carbocycles. The number of carbonyl (C=O) groups is 2. The molecule has 0 N–H and O–H groups in total. The summed E-state index contributed by atoms with van der Waals surface area (Å²) in [7, 11) is 1.76. The van der Waals surface area contributed by atoms with Gasteiger partial charge in [0, 0.05) is 25.0 Å². The molecule has 2 unspecified atom stereocenters. The molecule has 30 heavy (non-hydrogen) atoms. The molecule has 3 aromatic rings. The van der Waals surface area contributed by atoms with Crippen molar-refractivity contribution in [1.29, 1.82) is 0 Å². The summed E-state index contributed by atoms with van der Waals surface area (Å²) >= 11 is 2.05. The van der Waals surface area contributed by atoms with Crippen LogP contribution in [0.2, 0.25) is 0 Å². The van der Waals surface area contributed by atoms with Crippen molar-refractivity contribution in [3.8, 4) is 0 Å². The van der Waals surface area contributed by atoms with Crippen molar-refractivity contribution in [3.05, 3.63) is 83.7 Å². The lowest BCUT2D eigenvalue weighted by Crippen LogP contribution is -2.59. The predicted octanol–water partition coefficient (Wildman–Crippen LogP) is 4.15. The number of Topliss-reactive ketones (excluding diaryl/α,β-unsaturated/α-hetero) is 1. The number of nitrogens with zero attached hydrogens (tertiary/aromatic N) is 3. The van der Waals surface area contributed by atoms with Gasteiger partial charge in [-0.1, -0.05) is 24.3 Å². The minimum atomic E-state index is -1.57. The van der Waals surface area contributed by atoms with Gasteiger partial charge in [0.15, 0.2) is 5.78 Å². The monoisotopic (exact) mass is 519 g/mol.